The van der Waals surface area contributed by atoms with Crippen molar-refractivity contribution in [1.29, 1.82) is 0 Å². The van der Waals surface area contributed by atoms with Crippen LogP contribution in [-0.4, -0.2) is 10.1 Å². The van der Waals surface area contributed by atoms with Crippen molar-refractivity contribution in [2.45, 2.75) is 32.2 Å². The predicted molar refractivity (Wildman–Crippen MR) is 43.3 cm³/mol. The van der Waals surface area contributed by atoms with Crippen molar-refractivity contribution in [3.05, 3.63) is 11.7 Å². The third-order valence-electron chi connectivity index (χ3n) is 2.05. The molecule has 2 N–H and O–H groups in total. The maximum atomic E-state index is 5.59. The maximum Gasteiger partial charge on any atom is 0.226 e. The van der Waals surface area contributed by atoms with Crippen LogP contribution in [0, 0.1) is 5.92 Å². The zero-order valence-corrected chi connectivity index (χ0v) is 7.16. The summed E-state index contributed by atoms with van der Waals surface area (Å²) in [5.74, 6) is 2.14. The lowest BCUT2D eigenvalue weighted by molar-refractivity contribution is 0.366. The maximum absolute atomic E-state index is 5.59. The normalized spacial score (nSPS) is 19.5. The fourth-order valence-electron chi connectivity index (χ4n) is 1.10. The first-order valence-corrected chi connectivity index (χ1v) is 4.34. The van der Waals surface area contributed by atoms with E-state index < -0.39 is 0 Å². The van der Waals surface area contributed by atoms with Crippen LogP contribution < -0.4 is 5.73 Å². The monoisotopic (exact) mass is 167 g/mol. The molecule has 1 aromatic heterocycles. The fraction of sp³-hybridized carbons (Fsp3) is 0.750. The molecule has 0 amide bonds. The summed E-state index contributed by atoms with van der Waals surface area (Å²) in [5.41, 5.74) is 5.59. The van der Waals surface area contributed by atoms with Gasteiger partial charge in [-0.15, -0.1) is 0 Å². The van der Waals surface area contributed by atoms with Gasteiger partial charge >= 0.3 is 0 Å². The van der Waals surface area contributed by atoms with E-state index in [0.717, 1.165) is 18.2 Å². The van der Waals surface area contributed by atoms with Gasteiger partial charge in [0.2, 0.25) is 5.89 Å². The Labute approximate surface area is 71.1 Å². The summed E-state index contributed by atoms with van der Waals surface area (Å²) in [5, 5.41) is 3.79. The molecule has 0 bridgehead atoms. The van der Waals surface area contributed by atoms with Crippen LogP contribution in [0.25, 0.3) is 0 Å². The van der Waals surface area contributed by atoms with Gasteiger partial charge in [-0.05, 0) is 25.7 Å². The third-order valence-corrected chi connectivity index (χ3v) is 2.05. The van der Waals surface area contributed by atoms with Crippen molar-refractivity contribution in [2.24, 2.45) is 11.7 Å². The van der Waals surface area contributed by atoms with Gasteiger partial charge in [-0.3, -0.25) is 0 Å². The summed E-state index contributed by atoms with van der Waals surface area (Å²) in [4.78, 5) is 4.19. The number of nitrogens with zero attached hydrogens (tertiary/aromatic N) is 2. The highest BCUT2D eigenvalue weighted by atomic mass is 16.5. The van der Waals surface area contributed by atoms with Crippen LogP contribution in [0.2, 0.25) is 0 Å². The molecule has 0 saturated heterocycles. The van der Waals surface area contributed by atoms with Crippen LogP contribution in [0.15, 0.2) is 4.52 Å². The highest BCUT2D eigenvalue weighted by molar-refractivity contribution is 4.93. The number of hydrogen-bond acceptors (Lipinski definition) is 4. The molecule has 1 heterocycles. The molecule has 0 radical (unpaired) electrons. The van der Waals surface area contributed by atoms with Crippen molar-refractivity contribution in [1.82, 2.24) is 10.1 Å². The average molecular weight is 167 g/mol. The third kappa shape index (κ3) is 1.64. The zero-order valence-electron chi connectivity index (χ0n) is 7.16. The number of aromatic nitrogens is 2. The van der Waals surface area contributed by atoms with E-state index in [1.807, 2.05) is 6.92 Å². The summed E-state index contributed by atoms with van der Waals surface area (Å²) in [7, 11) is 0. The summed E-state index contributed by atoms with van der Waals surface area (Å²) in [6.45, 7) is 1.85. The molecule has 4 nitrogen and oxygen atoms in total. The molecule has 1 unspecified atom stereocenters. The molecule has 1 atom stereocenters. The first kappa shape index (κ1) is 7.73. The second-order valence-corrected chi connectivity index (χ2v) is 3.48. The molecule has 66 valence electrons. The first-order valence-electron chi connectivity index (χ1n) is 4.34. The lowest BCUT2D eigenvalue weighted by Gasteiger charge is -1.92. The summed E-state index contributed by atoms with van der Waals surface area (Å²) in [6.07, 6.45) is 3.53. The van der Waals surface area contributed by atoms with Crippen molar-refractivity contribution >= 4 is 0 Å². The molecule has 0 aliphatic heterocycles. The smallest absolute Gasteiger partial charge is 0.226 e. The summed E-state index contributed by atoms with van der Waals surface area (Å²) < 4.78 is 5.04. The standard InChI is InChI=1S/C8H13N3O/c1-5(9)8-10-7(12-11-8)4-6-2-3-6/h5-6H,2-4,9H2,1H3. The Morgan fingerprint density at radius 1 is 1.67 bits per heavy atom. The Bertz CT molecular complexity index is 265. The van der Waals surface area contributed by atoms with Gasteiger partial charge in [-0.25, -0.2) is 0 Å². The lowest BCUT2D eigenvalue weighted by atomic mass is 10.3. The zero-order chi connectivity index (χ0) is 8.55. The van der Waals surface area contributed by atoms with Crippen molar-refractivity contribution < 1.29 is 4.52 Å². The van der Waals surface area contributed by atoms with E-state index >= 15 is 0 Å². The van der Waals surface area contributed by atoms with Crippen molar-refractivity contribution in [2.75, 3.05) is 0 Å². The van der Waals surface area contributed by atoms with Gasteiger partial charge in [-0.2, -0.15) is 4.98 Å². The van der Waals surface area contributed by atoms with E-state index in [0.29, 0.717) is 5.82 Å². The van der Waals surface area contributed by atoms with E-state index in [2.05, 4.69) is 10.1 Å². The lowest BCUT2D eigenvalue weighted by Crippen LogP contribution is -2.06. The van der Waals surface area contributed by atoms with Gasteiger partial charge in [0.15, 0.2) is 5.82 Å². The SMILES string of the molecule is CC(N)c1noc(CC2CC2)n1. The quantitative estimate of drug-likeness (QED) is 0.730. The molecule has 0 aromatic carbocycles. The minimum Gasteiger partial charge on any atom is -0.339 e. The number of rotatable bonds is 3. The molecule has 12 heavy (non-hydrogen) atoms. The molecule has 1 saturated carbocycles. The predicted octanol–water partition coefficient (Wildman–Crippen LogP) is 1.04. The molecular formula is C8H13N3O. The second-order valence-electron chi connectivity index (χ2n) is 3.48. The molecule has 1 aliphatic carbocycles. The van der Waals surface area contributed by atoms with Crippen molar-refractivity contribution in [3.8, 4) is 0 Å². The van der Waals surface area contributed by atoms with Crippen LogP contribution in [0.3, 0.4) is 0 Å². The highest BCUT2D eigenvalue weighted by Crippen LogP contribution is 2.32. The van der Waals surface area contributed by atoms with Gasteiger partial charge in [0.1, 0.15) is 0 Å². The van der Waals surface area contributed by atoms with Crippen molar-refractivity contribution in [3.63, 3.8) is 0 Å². The van der Waals surface area contributed by atoms with E-state index in [1.54, 1.807) is 0 Å². The van der Waals surface area contributed by atoms with Crippen LogP contribution in [0.5, 0.6) is 0 Å². The molecule has 2 rings (SSSR count). The molecule has 0 spiro atoms. The van der Waals surface area contributed by atoms with Crippen LogP contribution >= 0.6 is 0 Å². The van der Waals surface area contributed by atoms with Crippen LogP contribution in [0.4, 0.5) is 0 Å². The van der Waals surface area contributed by atoms with E-state index in [1.165, 1.54) is 12.8 Å². The Hall–Kier alpha value is -0.900. The molecule has 1 fully saturated rings. The van der Waals surface area contributed by atoms with Gasteiger partial charge in [-0.1, -0.05) is 5.16 Å². The van der Waals surface area contributed by atoms with Gasteiger partial charge in [0.25, 0.3) is 0 Å². The minimum absolute atomic E-state index is 0.123. The Morgan fingerprint density at radius 2 is 2.42 bits per heavy atom. The molecule has 1 aliphatic rings. The van der Waals surface area contributed by atoms with Crippen LogP contribution in [-0.2, 0) is 6.42 Å². The van der Waals surface area contributed by atoms with E-state index in [4.69, 9.17) is 10.3 Å². The largest absolute Gasteiger partial charge is 0.339 e. The Morgan fingerprint density at radius 3 is 2.92 bits per heavy atom. The van der Waals surface area contributed by atoms with E-state index in [9.17, 15) is 0 Å². The van der Waals surface area contributed by atoms with Crippen LogP contribution in [0.1, 0.15) is 37.5 Å². The topological polar surface area (TPSA) is 64.9 Å². The summed E-state index contributed by atoms with van der Waals surface area (Å²) in [6, 6.07) is -0.123. The van der Waals surface area contributed by atoms with Gasteiger partial charge in [0, 0.05) is 6.42 Å². The highest BCUT2D eigenvalue weighted by Gasteiger charge is 2.24. The van der Waals surface area contributed by atoms with Gasteiger partial charge < -0.3 is 10.3 Å². The Kier molecular flexibility index (Phi) is 1.84. The number of nitrogens with two attached hydrogens (primary N) is 1. The summed E-state index contributed by atoms with van der Waals surface area (Å²) >= 11 is 0. The minimum atomic E-state index is -0.123. The first-order chi connectivity index (χ1) is 5.75. The average Bonchev–Trinajstić information content (AvgIpc) is 2.66. The molecular weight excluding hydrogens is 154 g/mol. The number of hydrogen-bond donors (Lipinski definition) is 1. The second kappa shape index (κ2) is 2.86. The van der Waals surface area contributed by atoms with E-state index in [-0.39, 0.29) is 6.04 Å². The fourth-order valence-corrected chi connectivity index (χ4v) is 1.10. The van der Waals surface area contributed by atoms with Gasteiger partial charge in [0.05, 0.1) is 6.04 Å². The molecule has 1 aromatic rings. The Balaban J connectivity index is 2.02. The molecule has 4 heteroatoms.